The first-order valence-corrected chi connectivity index (χ1v) is 9.37. The topological polar surface area (TPSA) is 68.1 Å². The minimum atomic E-state index is -1.03. The van der Waals surface area contributed by atoms with Gasteiger partial charge < -0.3 is 4.90 Å². The normalized spacial score (nSPS) is 13.8. The number of amides is 1. The van der Waals surface area contributed by atoms with E-state index in [1.165, 1.54) is 4.90 Å². The van der Waals surface area contributed by atoms with Crippen molar-refractivity contribution < 1.29 is 9.00 Å². The largest absolute Gasteiger partial charge is 0.311 e. The standard InChI is InChI=1S/C16H21ClN4O2S/c1-11(2)24(23)10-12(3)16(22)20(4)14-9-21(19-15(14)17)13-6-5-7-18-8-13/h5-9,11-12H,10H2,1-4H3/t12?,24-/m0/s1. The van der Waals surface area contributed by atoms with Crippen molar-refractivity contribution in [2.24, 2.45) is 5.92 Å². The summed E-state index contributed by atoms with van der Waals surface area (Å²) in [4.78, 5) is 18.1. The van der Waals surface area contributed by atoms with Crippen molar-refractivity contribution in [3.05, 3.63) is 35.9 Å². The third-order valence-corrected chi connectivity index (χ3v) is 5.76. The van der Waals surface area contributed by atoms with Gasteiger partial charge in [0.1, 0.15) is 5.69 Å². The number of halogens is 1. The summed E-state index contributed by atoms with van der Waals surface area (Å²) in [6.07, 6.45) is 5.01. The minimum absolute atomic E-state index is 0.0301. The fraction of sp³-hybridized carbons (Fsp3) is 0.438. The molecule has 24 heavy (non-hydrogen) atoms. The zero-order valence-electron chi connectivity index (χ0n) is 14.1. The van der Waals surface area contributed by atoms with Gasteiger partial charge in [0.2, 0.25) is 5.91 Å². The molecule has 1 amide bonds. The number of anilines is 1. The van der Waals surface area contributed by atoms with Crippen LogP contribution in [0.3, 0.4) is 0 Å². The van der Waals surface area contributed by atoms with E-state index in [2.05, 4.69) is 10.1 Å². The highest BCUT2D eigenvalue weighted by molar-refractivity contribution is 7.85. The van der Waals surface area contributed by atoms with Gasteiger partial charge in [0.05, 0.1) is 18.1 Å². The van der Waals surface area contributed by atoms with Crippen molar-refractivity contribution in [3.8, 4) is 5.69 Å². The van der Waals surface area contributed by atoms with Crippen LogP contribution in [-0.2, 0) is 15.6 Å². The summed E-state index contributed by atoms with van der Waals surface area (Å²) in [7, 11) is 0.612. The number of hydrogen-bond acceptors (Lipinski definition) is 4. The molecule has 2 aromatic rings. The predicted molar refractivity (Wildman–Crippen MR) is 97.1 cm³/mol. The van der Waals surface area contributed by atoms with Crippen molar-refractivity contribution in [3.63, 3.8) is 0 Å². The van der Waals surface area contributed by atoms with Crippen LogP contribution in [0.2, 0.25) is 5.15 Å². The molecule has 0 N–H and O–H groups in total. The zero-order chi connectivity index (χ0) is 17.9. The second-order valence-corrected chi connectivity index (χ2v) is 8.25. The van der Waals surface area contributed by atoms with Crippen LogP contribution in [0, 0.1) is 5.92 Å². The molecule has 0 bridgehead atoms. The van der Waals surface area contributed by atoms with Crippen molar-refractivity contribution >= 4 is 34.0 Å². The molecule has 0 fully saturated rings. The molecule has 0 aliphatic heterocycles. The quantitative estimate of drug-likeness (QED) is 0.786. The number of pyridine rings is 1. The lowest BCUT2D eigenvalue weighted by atomic mass is 10.2. The fourth-order valence-corrected chi connectivity index (χ4v) is 3.43. The molecule has 130 valence electrons. The number of nitrogens with zero attached hydrogens (tertiary/aromatic N) is 4. The van der Waals surface area contributed by atoms with Gasteiger partial charge in [0.15, 0.2) is 5.15 Å². The maximum atomic E-state index is 12.6. The van der Waals surface area contributed by atoms with E-state index in [1.807, 2.05) is 19.9 Å². The molecule has 2 heterocycles. The third kappa shape index (κ3) is 4.21. The van der Waals surface area contributed by atoms with Gasteiger partial charge in [-0.15, -0.1) is 0 Å². The van der Waals surface area contributed by atoms with Crippen LogP contribution < -0.4 is 4.90 Å². The number of hydrogen-bond donors (Lipinski definition) is 0. The summed E-state index contributed by atoms with van der Waals surface area (Å²) >= 11 is 6.19. The van der Waals surface area contributed by atoms with Gasteiger partial charge in [0.25, 0.3) is 0 Å². The number of rotatable bonds is 6. The second-order valence-electron chi connectivity index (χ2n) is 5.86. The summed E-state index contributed by atoms with van der Waals surface area (Å²) in [5.74, 6) is -0.178. The SMILES string of the molecule is CC(C[S@](=O)C(C)C)C(=O)N(C)c1cn(-c2cccnc2)nc1Cl. The first-order valence-electron chi connectivity index (χ1n) is 7.61. The van der Waals surface area contributed by atoms with Crippen LogP contribution in [0.15, 0.2) is 30.7 Å². The zero-order valence-corrected chi connectivity index (χ0v) is 15.7. The molecule has 0 aliphatic rings. The summed E-state index contributed by atoms with van der Waals surface area (Å²) in [6.45, 7) is 5.54. The van der Waals surface area contributed by atoms with E-state index in [4.69, 9.17) is 11.6 Å². The maximum Gasteiger partial charge on any atom is 0.230 e. The second kappa shape index (κ2) is 7.90. The van der Waals surface area contributed by atoms with Gasteiger partial charge in [0, 0.05) is 41.0 Å². The smallest absolute Gasteiger partial charge is 0.230 e. The minimum Gasteiger partial charge on any atom is -0.311 e. The van der Waals surface area contributed by atoms with Crippen molar-refractivity contribution in [2.75, 3.05) is 17.7 Å². The summed E-state index contributed by atoms with van der Waals surface area (Å²) in [5.41, 5.74) is 1.26. The van der Waals surface area contributed by atoms with E-state index in [9.17, 15) is 9.00 Å². The van der Waals surface area contributed by atoms with E-state index >= 15 is 0 Å². The summed E-state index contributed by atoms with van der Waals surface area (Å²) < 4.78 is 13.5. The Balaban J connectivity index is 2.17. The molecule has 0 aliphatic carbocycles. The number of carbonyl (C=O) groups is 1. The molecule has 0 radical (unpaired) electrons. The van der Waals surface area contributed by atoms with Gasteiger partial charge in [-0.05, 0) is 12.1 Å². The Morgan fingerprint density at radius 2 is 2.12 bits per heavy atom. The fourth-order valence-electron chi connectivity index (χ4n) is 2.15. The average Bonchev–Trinajstić information content (AvgIpc) is 2.95. The van der Waals surface area contributed by atoms with E-state index in [1.54, 1.807) is 43.3 Å². The van der Waals surface area contributed by atoms with Crippen molar-refractivity contribution in [1.82, 2.24) is 14.8 Å². The van der Waals surface area contributed by atoms with Gasteiger partial charge in [-0.25, -0.2) is 4.68 Å². The predicted octanol–water partition coefficient (Wildman–Crippen LogP) is 2.68. The molecular weight excluding hydrogens is 348 g/mol. The molecule has 2 atom stereocenters. The molecular formula is C16H21ClN4O2S. The van der Waals surface area contributed by atoms with Crippen LogP contribution in [0.4, 0.5) is 5.69 Å². The molecule has 1 unspecified atom stereocenters. The molecule has 0 spiro atoms. The Labute approximate surface area is 149 Å². The van der Waals surface area contributed by atoms with Gasteiger partial charge in [-0.3, -0.25) is 14.0 Å². The third-order valence-electron chi connectivity index (χ3n) is 3.62. The molecule has 0 saturated carbocycles. The molecule has 2 rings (SSSR count). The average molecular weight is 369 g/mol. The summed E-state index contributed by atoms with van der Waals surface area (Å²) in [6, 6.07) is 3.64. The first-order chi connectivity index (χ1) is 11.3. The molecule has 0 aromatic carbocycles. The van der Waals surface area contributed by atoms with Crippen LogP contribution in [0.25, 0.3) is 5.69 Å². The van der Waals surface area contributed by atoms with E-state index in [0.29, 0.717) is 11.4 Å². The van der Waals surface area contributed by atoms with E-state index in [0.717, 1.165) is 5.69 Å². The van der Waals surface area contributed by atoms with Crippen LogP contribution >= 0.6 is 11.6 Å². The van der Waals surface area contributed by atoms with Crippen LogP contribution in [-0.4, -0.2) is 42.9 Å². The van der Waals surface area contributed by atoms with Crippen molar-refractivity contribution in [1.29, 1.82) is 0 Å². The Hall–Kier alpha value is -1.73. The monoisotopic (exact) mass is 368 g/mol. The van der Waals surface area contributed by atoms with E-state index in [-0.39, 0.29) is 22.2 Å². The highest BCUT2D eigenvalue weighted by Crippen LogP contribution is 2.26. The highest BCUT2D eigenvalue weighted by atomic mass is 35.5. The lowest BCUT2D eigenvalue weighted by Gasteiger charge is -2.20. The Morgan fingerprint density at radius 3 is 2.71 bits per heavy atom. The lowest BCUT2D eigenvalue weighted by molar-refractivity contribution is -0.121. The molecule has 2 aromatic heterocycles. The highest BCUT2D eigenvalue weighted by Gasteiger charge is 2.24. The Kier molecular flexibility index (Phi) is 6.12. The van der Waals surface area contributed by atoms with E-state index < -0.39 is 10.8 Å². The molecule has 6 nitrogen and oxygen atoms in total. The number of aromatic nitrogens is 3. The van der Waals surface area contributed by atoms with Gasteiger partial charge >= 0.3 is 0 Å². The Bertz CT molecular complexity index is 733. The van der Waals surface area contributed by atoms with Crippen molar-refractivity contribution in [2.45, 2.75) is 26.0 Å². The van der Waals surface area contributed by atoms with Gasteiger partial charge in [-0.2, -0.15) is 5.10 Å². The summed E-state index contributed by atoms with van der Waals surface area (Å²) in [5, 5.41) is 4.48. The first kappa shape index (κ1) is 18.6. The Morgan fingerprint density at radius 1 is 1.42 bits per heavy atom. The van der Waals surface area contributed by atoms with Gasteiger partial charge in [-0.1, -0.05) is 32.4 Å². The lowest BCUT2D eigenvalue weighted by Crippen LogP contribution is -2.34. The molecule has 0 saturated heterocycles. The number of carbonyl (C=O) groups excluding carboxylic acids is 1. The molecule has 8 heteroatoms. The van der Waals surface area contributed by atoms with Crippen LogP contribution in [0.1, 0.15) is 20.8 Å². The van der Waals surface area contributed by atoms with Crippen LogP contribution in [0.5, 0.6) is 0 Å². The maximum absolute atomic E-state index is 12.6.